The van der Waals surface area contributed by atoms with Crippen molar-refractivity contribution in [1.29, 1.82) is 0 Å². The third-order valence-electron chi connectivity index (χ3n) is 5.64. The molecule has 0 spiro atoms. The zero-order valence-corrected chi connectivity index (χ0v) is 17.6. The molecule has 0 saturated carbocycles. The zero-order valence-electron chi connectivity index (χ0n) is 17.6. The number of aryl methyl sites for hydroxylation is 2. The molecule has 0 aromatic heterocycles. The maximum Gasteiger partial charge on any atom is 0.157 e. The number of nitrogens with zero attached hydrogens (tertiary/aromatic N) is 1. The minimum absolute atomic E-state index is 0.0234. The summed E-state index contributed by atoms with van der Waals surface area (Å²) in [7, 11) is 0. The van der Waals surface area contributed by atoms with Gasteiger partial charge < -0.3 is 14.6 Å². The van der Waals surface area contributed by atoms with Gasteiger partial charge in [-0.3, -0.25) is 4.99 Å². The van der Waals surface area contributed by atoms with E-state index < -0.39 is 5.60 Å². The largest absolute Gasteiger partial charge is 0.384 e. The Morgan fingerprint density at radius 3 is 2.48 bits per heavy atom. The first-order chi connectivity index (χ1) is 13.0. The van der Waals surface area contributed by atoms with Crippen molar-refractivity contribution < 1.29 is 14.6 Å². The van der Waals surface area contributed by atoms with Gasteiger partial charge >= 0.3 is 0 Å². The molecule has 1 heterocycles. The number of hydrogen-bond acceptors (Lipinski definition) is 4. The lowest BCUT2D eigenvalue weighted by Gasteiger charge is -2.28. The van der Waals surface area contributed by atoms with Crippen LogP contribution in [0.1, 0.15) is 76.3 Å². The number of hydrogen-bond donors (Lipinski definition) is 1. The van der Waals surface area contributed by atoms with E-state index in [2.05, 4.69) is 32.0 Å². The Morgan fingerprint density at radius 1 is 1.19 bits per heavy atom. The van der Waals surface area contributed by atoms with Crippen LogP contribution in [0, 0.1) is 13.8 Å². The van der Waals surface area contributed by atoms with E-state index in [0.29, 0.717) is 19.4 Å². The monoisotopic (exact) mass is 375 g/mol. The first kappa shape index (κ1) is 22.1. The molecule has 0 radical (unpaired) electrons. The maximum atomic E-state index is 11.1. The summed E-state index contributed by atoms with van der Waals surface area (Å²) in [6.07, 6.45) is 7.38. The molecular weight excluding hydrogens is 338 g/mol. The van der Waals surface area contributed by atoms with Gasteiger partial charge in [0.2, 0.25) is 0 Å². The minimum atomic E-state index is -0.831. The van der Waals surface area contributed by atoms with Crippen LogP contribution in [0.2, 0.25) is 0 Å². The molecule has 1 fully saturated rings. The Bertz CT molecular complexity index is 581. The minimum Gasteiger partial charge on any atom is -0.384 e. The standard InChI is InChI=1S/C23H37NO3/c1-5-23(25,6-2)20(24-22-18(3)12-11-13-19(22)4)14-7-9-16-26-21-15-8-10-17-27-21/h11-13,21,25H,5-10,14-17H2,1-4H3. The highest BCUT2D eigenvalue weighted by molar-refractivity contribution is 5.94. The Morgan fingerprint density at radius 2 is 1.89 bits per heavy atom. The molecule has 0 aliphatic carbocycles. The van der Waals surface area contributed by atoms with E-state index in [1.54, 1.807) is 0 Å². The molecule has 1 aromatic rings. The molecular formula is C23H37NO3. The van der Waals surface area contributed by atoms with Crippen molar-refractivity contribution in [2.45, 2.75) is 91.0 Å². The molecule has 1 saturated heterocycles. The van der Waals surface area contributed by atoms with Crippen LogP contribution in [0.25, 0.3) is 0 Å². The van der Waals surface area contributed by atoms with Gasteiger partial charge in [-0.1, -0.05) is 32.0 Å². The quantitative estimate of drug-likeness (QED) is 0.425. The van der Waals surface area contributed by atoms with Crippen LogP contribution >= 0.6 is 0 Å². The molecule has 1 aliphatic rings. The summed E-state index contributed by atoms with van der Waals surface area (Å²) in [4.78, 5) is 4.96. The molecule has 0 bridgehead atoms. The highest BCUT2D eigenvalue weighted by Crippen LogP contribution is 2.28. The summed E-state index contributed by atoms with van der Waals surface area (Å²) in [5.41, 5.74) is 3.38. The summed E-state index contributed by atoms with van der Waals surface area (Å²) in [6, 6.07) is 6.22. The van der Waals surface area contributed by atoms with E-state index >= 15 is 0 Å². The van der Waals surface area contributed by atoms with Crippen LogP contribution in [0.5, 0.6) is 0 Å². The van der Waals surface area contributed by atoms with Crippen molar-refractivity contribution in [1.82, 2.24) is 0 Å². The second-order valence-electron chi connectivity index (χ2n) is 7.66. The Hall–Kier alpha value is -1.23. The number of aliphatic imine (C=N–C) groups is 1. The van der Waals surface area contributed by atoms with Crippen molar-refractivity contribution in [2.75, 3.05) is 13.2 Å². The average molecular weight is 376 g/mol. The lowest BCUT2D eigenvalue weighted by Crippen LogP contribution is -2.37. The molecule has 1 unspecified atom stereocenters. The smallest absolute Gasteiger partial charge is 0.157 e. The maximum absolute atomic E-state index is 11.1. The number of benzene rings is 1. The van der Waals surface area contributed by atoms with Gasteiger partial charge in [-0.2, -0.15) is 0 Å². The third kappa shape index (κ3) is 6.41. The van der Waals surface area contributed by atoms with Gasteiger partial charge in [0, 0.05) is 13.2 Å². The van der Waals surface area contributed by atoms with E-state index in [0.717, 1.165) is 61.2 Å². The number of para-hydroxylation sites is 1. The van der Waals surface area contributed by atoms with Gasteiger partial charge in [-0.15, -0.1) is 0 Å². The SMILES string of the molecule is CCC(O)(CC)C(CCCCOC1CCCCO1)=Nc1c(C)cccc1C. The lowest BCUT2D eigenvalue weighted by molar-refractivity contribution is -0.162. The number of rotatable bonds is 10. The van der Waals surface area contributed by atoms with Crippen LogP contribution in [-0.4, -0.2) is 35.9 Å². The average Bonchev–Trinajstić information content (AvgIpc) is 2.69. The fraction of sp³-hybridized carbons (Fsp3) is 0.696. The van der Waals surface area contributed by atoms with Gasteiger partial charge in [-0.25, -0.2) is 0 Å². The van der Waals surface area contributed by atoms with Gasteiger partial charge in [-0.05, 0) is 76.3 Å². The lowest BCUT2D eigenvalue weighted by atomic mass is 9.88. The Balaban J connectivity index is 1.99. The van der Waals surface area contributed by atoms with Crippen LogP contribution in [-0.2, 0) is 9.47 Å². The van der Waals surface area contributed by atoms with E-state index in [4.69, 9.17) is 14.5 Å². The molecule has 4 nitrogen and oxygen atoms in total. The normalized spacial score (nSPS) is 18.7. The first-order valence-corrected chi connectivity index (χ1v) is 10.6. The van der Waals surface area contributed by atoms with Crippen molar-refractivity contribution in [3.05, 3.63) is 29.3 Å². The van der Waals surface area contributed by atoms with Crippen LogP contribution in [0.3, 0.4) is 0 Å². The number of aliphatic hydroxyl groups is 1. The van der Waals surface area contributed by atoms with Crippen LogP contribution in [0.4, 0.5) is 5.69 Å². The molecule has 27 heavy (non-hydrogen) atoms. The molecule has 1 aromatic carbocycles. The molecule has 0 amide bonds. The van der Waals surface area contributed by atoms with E-state index in [1.165, 1.54) is 6.42 Å². The molecule has 1 aliphatic heterocycles. The van der Waals surface area contributed by atoms with Crippen molar-refractivity contribution in [2.24, 2.45) is 4.99 Å². The predicted octanol–water partition coefficient (Wildman–Crippen LogP) is 5.64. The first-order valence-electron chi connectivity index (χ1n) is 10.6. The topological polar surface area (TPSA) is 51.0 Å². The van der Waals surface area contributed by atoms with Gasteiger partial charge in [0.1, 0.15) is 5.60 Å². The van der Waals surface area contributed by atoms with Crippen LogP contribution < -0.4 is 0 Å². The van der Waals surface area contributed by atoms with Crippen molar-refractivity contribution in [3.63, 3.8) is 0 Å². The Labute approximate surface area is 165 Å². The molecule has 152 valence electrons. The summed E-state index contributed by atoms with van der Waals surface area (Å²) in [6.45, 7) is 9.76. The van der Waals surface area contributed by atoms with Crippen LogP contribution in [0.15, 0.2) is 23.2 Å². The van der Waals surface area contributed by atoms with Gasteiger partial charge in [0.25, 0.3) is 0 Å². The Kier molecular flexibility index (Phi) is 8.94. The third-order valence-corrected chi connectivity index (χ3v) is 5.64. The summed E-state index contributed by atoms with van der Waals surface area (Å²) in [5.74, 6) is 0. The highest BCUT2D eigenvalue weighted by atomic mass is 16.7. The highest BCUT2D eigenvalue weighted by Gasteiger charge is 2.29. The van der Waals surface area contributed by atoms with Gasteiger partial charge in [0.15, 0.2) is 6.29 Å². The number of ether oxygens (including phenoxy) is 2. The van der Waals surface area contributed by atoms with E-state index in [-0.39, 0.29) is 6.29 Å². The van der Waals surface area contributed by atoms with Crippen molar-refractivity contribution in [3.8, 4) is 0 Å². The summed E-state index contributed by atoms with van der Waals surface area (Å²) >= 11 is 0. The second-order valence-corrected chi connectivity index (χ2v) is 7.66. The van der Waals surface area contributed by atoms with Gasteiger partial charge in [0.05, 0.1) is 11.4 Å². The van der Waals surface area contributed by atoms with Crippen molar-refractivity contribution >= 4 is 11.4 Å². The molecule has 1 atom stereocenters. The molecule has 4 heteroatoms. The zero-order chi connectivity index (χ0) is 19.7. The summed E-state index contributed by atoms with van der Waals surface area (Å²) < 4.78 is 11.4. The second kappa shape index (κ2) is 10.9. The number of unbranched alkanes of at least 4 members (excludes halogenated alkanes) is 1. The predicted molar refractivity (Wildman–Crippen MR) is 112 cm³/mol. The van der Waals surface area contributed by atoms with E-state index in [1.807, 2.05) is 13.8 Å². The summed E-state index contributed by atoms with van der Waals surface area (Å²) in [5, 5.41) is 11.1. The van der Waals surface area contributed by atoms with E-state index in [9.17, 15) is 5.11 Å². The fourth-order valence-electron chi connectivity index (χ4n) is 3.62. The molecule has 1 N–H and O–H groups in total. The molecule has 2 rings (SSSR count). The fourth-order valence-corrected chi connectivity index (χ4v) is 3.62.